The molecule has 96 valence electrons. The summed E-state index contributed by atoms with van der Waals surface area (Å²) in [5.41, 5.74) is 0. The maximum absolute atomic E-state index is 13.3. The zero-order valence-corrected chi connectivity index (χ0v) is 9.69. The summed E-state index contributed by atoms with van der Waals surface area (Å²) in [4.78, 5) is 0. The Hall–Kier alpha value is -0.280. The number of hydrogen-bond acceptors (Lipinski definition) is 0. The molecule has 0 aliphatic heterocycles. The molecule has 0 saturated heterocycles. The molecule has 0 heterocycles. The van der Waals surface area contributed by atoms with Gasteiger partial charge < -0.3 is 0 Å². The molecule has 1 saturated carbocycles. The molecule has 0 radical (unpaired) electrons. The van der Waals surface area contributed by atoms with Gasteiger partial charge in [-0.1, -0.05) is 19.8 Å². The molecule has 0 nitrogen and oxygen atoms in total. The van der Waals surface area contributed by atoms with E-state index in [0.717, 1.165) is 19.3 Å². The van der Waals surface area contributed by atoms with Crippen molar-refractivity contribution in [3.05, 3.63) is 0 Å². The van der Waals surface area contributed by atoms with Crippen molar-refractivity contribution in [1.29, 1.82) is 0 Å². The second kappa shape index (κ2) is 5.87. The fraction of sp³-hybridized carbons (Fsp3) is 1.00. The average molecular weight is 240 g/mol. The molecular formula is C12H20F4. The van der Waals surface area contributed by atoms with Crippen LogP contribution in [0, 0.1) is 11.8 Å². The quantitative estimate of drug-likeness (QED) is 0.485. The zero-order valence-electron chi connectivity index (χ0n) is 9.69. The van der Waals surface area contributed by atoms with Gasteiger partial charge in [0.15, 0.2) is 0 Å². The van der Waals surface area contributed by atoms with Crippen LogP contribution < -0.4 is 0 Å². The molecule has 16 heavy (non-hydrogen) atoms. The summed E-state index contributed by atoms with van der Waals surface area (Å²) in [7, 11) is 0. The summed E-state index contributed by atoms with van der Waals surface area (Å²) in [6.45, 7) is 1.91. The van der Waals surface area contributed by atoms with Crippen molar-refractivity contribution in [3.8, 4) is 0 Å². The van der Waals surface area contributed by atoms with Crippen LogP contribution in [0.4, 0.5) is 17.6 Å². The van der Waals surface area contributed by atoms with Gasteiger partial charge in [-0.15, -0.1) is 0 Å². The lowest BCUT2D eigenvalue weighted by molar-refractivity contribution is -0.135. The molecule has 1 aliphatic carbocycles. The van der Waals surface area contributed by atoms with Gasteiger partial charge in [-0.3, -0.25) is 0 Å². The van der Waals surface area contributed by atoms with Crippen molar-refractivity contribution in [2.45, 2.75) is 64.2 Å². The standard InChI is InChI=1S/C12H20F4/c1-9-5-6-10(8-11(9)13)4-2-3-7-12(14,15)16/h9-11H,2-8H2,1H3. The van der Waals surface area contributed by atoms with Crippen molar-refractivity contribution in [3.63, 3.8) is 0 Å². The Morgan fingerprint density at radius 3 is 2.38 bits per heavy atom. The van der Waals surface area contributed by atoms with Crippen LogP contribution in [0.25, 0.3) is 0 Å². The van der Waals surface area contributed by atoms with Crippen molar-refractivity contribution >= 4 is 0 Å². The molecular weight excluding hydrogens is 220 g/mol. The largest absolute Gasteiger partial charge is 0.389 e. The minimum atomic E-state index is -4.04. The Kier molecular flexibility index (Phi) is 5.06. The molecule has 0 bridgehead atoms. The maximum atomic E-state index is 13.3. The van der Waals surface area contributed by atoms with Gasteiger partial charge in [-0.2, -0.15) is 13.2 Å². The molecule has 1 fully saturated rings. The molecule has 0 aromatic carbocycles. The van der Waals surface area contributed by atoms with Gasteiger partial charge in [0, 0.05) is 6.42 Å². The lowest BCUT2D eigenvalue weighted by atomic mass is 9.79. The normalized spacial score (nSPS) is 31.7. The molecule has 3 atom stereocenters. The Morgan fingerprint density at radius 2 is 1.81 bits per heavy atom. The van der Waals surface area contributed by atoms with Gasteiger partial charge in [0.05, 0.1) is 0 Å². The second-order valence-electron chi connectivity index (χ2n) is 5.03. The molecule has 3 unspecified atom stereocenters. The first-order valence-electron chi connectivity index (χ1n) is 6.09. The van der Waals surface area contributed by atoms with Gasteiger partial charge in [-0.25, -0.2) is 4.39 Å². The number of rotatable bonds is 4. The van der Waals surface area contributed by atoms with E-state index in [0.29, 0.717) is 18.8 Å². The third kappa shape index (κ3) is 5.17. The predicted molar refractivity (Wildman–Crippen MR) is 55.9 cm³/mol. The molecule has 0 spiro atoms. The fourth-order valence-electron chi connectivity index (χ4n) is 2.37. The molecule has 0 aromatic heterocycles. The molecule has 0 N–H and O–H groups in total. The molecule has 4 heteroatoms. The molecule has 0 amide bonds. The molecule has 0 aromatic rings. The van der Waals surface area contributed by atoms with Crippen LogP contribution in [-0.4, -0.2) is 12.3 Å². The fourth-order valence-corrected chi connectivity index (χ4v) is 2.37. The van der Waals surface area contributed by atoms with E-state index in [1.54, 1.807) is 0 Å². The highest BCUT2D eigenvalue weighted by molar-refractivity contribution is 4.77. The van der Waals surface area contributed by atoms with Gasteiger partial charge in [-0.05, 0) is 37.5 Å². The highest BCUT2D eigenvalue weighted by Gasteiger charge is 2.28. The van der Waals surface area contributed by atoms with E-state index in [9.17, 15) is 17.6 Å². The summed E-state index contributed by atoms with van der Waals surface area (Å²) >= 11 is 0. The van der Waals surface area contributed by atoms with E-state index in [1.807, 2.05) is 6.92 Å². The van der Waals surface area contributed by atoms with Crippen LogP contribution in [0.1, 0.15) is 51.9 Å². The Labute approximate surface area is 94.4 Å². The minimum absolute atomic E-state index is 0.131. The first kappa shape index (κ1) is 13.8. The number of unbranched alkanes of at least 4 members (excludes halogenated alkanes) is 1. The van der Waals surface area contributed by atoms with Gasteiger partial charge in [0.2, 0.25) is 0 Å². The van der Waals surface area contributed by atoms with E-state index in [-0.39, 0.29) is 12.3 Å². The first-order chi connectivity index (χ1) is 7.38. The Morgan fingerprint density at radius 1 is 1.12 bits per heavy atom. The topological polar surface area (TPSA) is 0 Å². The lowest BCUT2D eigenvalue weighted by Crippen LogP contribution is -2.24. The number of halogens is 4. The predicted octanol–water partition coefficient (Wildman–Crippen LogP) is 4.88. The third-order valence-corrected chi connectivity index (χ3v) is 3.53. The summed E-state index contributed by atoms with van der Waals surface area (Å²) in [5, 5.41) is 0. The van der Waals surface area contributed by atoms with E-state index >= 15 is 0 Å². The zero-order chi connectivity index (χ0) is 12.2. The smallest absolute Gasteiger partial charge is 0.247 e. The highest BCUT2D eigenvalue weighted by Crippen LogP contribution is 2.34. The number of alkyl halides is 4. The van der Waals surface area contributed by atoms with Crippen LogP contribution in [0.15, 0.2) is 0 Å². The van der Waals surface area contributed by atoms with Crippen molar-refractivity contribution in [2.24, 2.45) is 11.8 Å². The average Bonchev–Trinajstić information content (AvgIpc) is 2.17. The van der Waals surface area contributed by atoms with E-state index in [2.05, 4.69) is 0 Å². The second-order valence-corrected chi connectivity index (χ2v) is 5.03. The summed E-state index contributed by atoms with van der Waals surface area (Å²) in [5.74, 6) is 0.436. The van der Waals surface area contributed by atoms with E-state index in [4.69, 9.17) is 0 Å². The van der Waals surface area contributed by atoms with E-state index < -0.39 is 18.8 Å². The first-order valence-corrected chi connectivity index (χ1v) is 6.09. The maximum Gasteiger partial charge on any atom is 0.389 e. The lowest BCUT2D eigenvalue weighted by Gasteiger charge is -2.29. The van der Waals surface area contributed by atoms with Crippen LogP contribution in [-0.2, 0) is 0 Å². The minimum Gasteiger partial charge on any atom is -0.247 e. The van der Waals surface area contributed by atoms with Crippen LogP contribution in [0.2, 0.25) is 0 Å². The third-order valence-electron chi connectivity index (χ3n) is 3.53. The van der Waals surface area contributed by atoms with Crippen LogP contribution in [0.3, 0.4) is 0 Å². The summed E-state index contributed by atoms with van der Waals surface area (Å²) in [6, 6.07) is 0. The van der Waals surface area contributed by atoms with Crippen molar-refractivity contribution in [2.75, 3.05) is 0 Å². The van der Waals surface area contributed by atoms with Crippen molar-refractivity contribution in [1.82, 2.24) is 0 Å². The monoisotopic (exact) mass is 240 g/mol. The van der Waals surface area contributed by atoms with Gasteiger partial charge >= 0.3 is 6.18 Å². The SMILES string of the molecule is CC1CCC(CCCCC(F)(F)F)CC1F. The van der Waals surface area contributed by atoms with Gasteiger partial charge in [0.1, 0.15) is 6.17 Å². The number of hydrogen-bond donors (Lipinski definition) is 0. The van der Waals surface area contributed by atoms with Crippen LogP contribution >= 0.6 is 0 Å². The molecule has 1 rings (SSSR count). The van der Waals surface area contributed by atoms with Crippen molar-refractivity contribution < 1.29 is 17.6 Å². The Balaban J connectivity index is 2.10. The highest BCUT2D eigenvalue weighted by atomic mass is 19.4. The Bertz CT molecular complexity index is 200. The summed E-state index contributed by atoms with van der Waals surface area (Å²) in [6.07, 6.45) is -1.56. The van der Waals surface area contributed by atoms with Crippen LogP contribution in [0.5, 0.6) is 0 Å². The summed E-state index contributed by atoms with van der Waals surface area (Å²) < 4.78 is 49.0. The van der Waals surface area contributed by atoms with E-state index in [1.165, 1.54) is 0 Å². The van der Waals surface area contributed by atoms with Gasteiger partial charge in [0.25, 0.3) is 0 Å². The molecule has 1 aliphatic rings.